The van der Waals surface area contributed by atoms with Crippen molar-refractivity contribution < 1.29 is 17.6 Å². The quantitative estimate of drug-likeness (QED) is 0.680. The van der Waals surface area contributed by atoms with Crippen molar-refractivity contribution in [2.75, 3.05) is 5.32 Å². The molecule has 3 N–H and O–H groups in total. The number of primary sulfonamides is 1. The van der Waals surface area contributed by atoms with Gasteiger partial charge in [0.25, 0.3) is 11.5 Å². The Bertz CT molecular complexity index is 1190. The minimum absolute atomic E-state index is 0.0182. The van der Waals surface area contributed by atoms with Crippen molar-refractivity contribution >= 4 is 21.6 Å². The van der Waals surface area contributed by atoms with E-state index in [2.05, 4.69) is 5.32 Å². The first-order valence-corrected chi connectivity index (χ1v) is 9.67. The van der Waals surface area contributed by atoms with E-state index in [9.17, 15) is 22.4 Å². The van der Waals surface area contributed by atoms with Crippen molar-refractivity contribution in [1.29, 1.82) is 0 Å². The number of halogens is 1. The third-order valence-corrected chi connectivity index (χ3v) is 4.93. The Morgan fingerprint density at radius 2 is 1.71 bits per heavy atom. The third-order valence-electron chi connectivity index (χ3n) is 4.00. The lowest BCUT2D eigenvalue weighted by molar-refractivity contribution is 0.102. The Morgan fingerprint density at radius 3 is 2.36 bits per heavy atom. The van der Waals surface area contributed by atoms with Gasteiger partial charge in [0.1, 0.15) is 11.4 Å². The molecule has 0 fully saturated rings. The van der Waals surface area contributed by atoms with Crippen LogP contribution >= 0.6 is 0 Å². The highest BCUT2D eigenvalue weighted by Crippen LogP contribution is 2.13. The number of nitrogens with one attached hydrogen (secondary N) is 1. The summed E-state index contributed by atoms with van der Waals surface area (Å²) in [6.45, 7) is -0.0182. The van der Waals surface area contributed by atoms with Crippen LogP contribution in [0.2, 0.25) is 0 Å². The fourth-order valence-corrected chi connectivity index (χ4v) is 3.09. The van der Waals surface area contributed by atoms with Crippen molar-refractivity contribution in [1.82, 2.24) is 4.57 Å². The van der Waals surface area contributed by atoms with Crippen LogP contribution in [-0.2, 0) is 16.6 Å². The number of hydrogen-bond donors (Lipinski definition) is 2. The van der Waals surface area contributed by atoms with Crippen molar-refractivity contribution in [3.05, 3.63) is 94.2 Å². The maximum Gasteiger partial charge on any atom is 0.263 e. The van der Waals surface area contributed by atoms with E-state index >= 15 is 0 Å². The van der Waals surface area contributed by atoms with Crippen molar-refractivity contribution in [3.8, 4) is 0 Å². The molecule has 2 aromatic carbocycles. The lowest BCUT2D eigenvalue weighted by atomic mass is 10.2. The molecule has 0 saturated heterocycles. The summed E-state index contributed by atoms with van der Waals surface area (Å²) >= 11 is 0. The zero-order chi connectivity index (χ0) is 20.3. The third kappa shape index (κ3) is 4.33. The number of sulfonamides is 1. The van der Waals surface area contributed by atoms with Crippen LogP contribution < -0.4 is 16.0 Å². The molecule has 0 atom stereocenters. The van der Waals surface area contributed by atoms with Crippen LogP contribution in [-0.4, -0.2) is 18.9 Å². The molecule has 0 bridgehead atoms. The highest BCUT2D eigenvalue weighted by molar-refractivity contribution is 7.89. The Balaban J connectivity index is 1.83. The molecule has 9 heteroatoms. The van der Waals surface area contributed by atoms with Gasteiger partial charge in [0, 0.05) is 17.4 Å². The van der Waals surface area contributed by atoms with Crippen LogP contribution in [0, 0.1) is 5.82 Å². The second-order valence-corrected chi connectivity index (χ2v) is 7.53. The Kier molecular flexibility index (Phi) is 5.39. The minimum Gasteiger partial charge on any atom is -0.322 e. The van der Waals surface area contributed by atoms with Gasteiger partial charge in [-0.15, -0.1) is 0 Å². The fourth-order valence-electron chi connectivity index (χ4n) is 2.57. The molecule has 1 aromatic heterocycles. The van der Waals surface area contributed by atoms with Gasteiger partial charge in [0.15, 0.2) is 0 Å². The summed E-state index contributed by atoms with van der Waals surface area (Å²) in [5.41, 5.74) is -0.0965. The second kappa shape index (κ2) is 7.75. The number of carbonyl (C=O) groups is 1. The number of nitrogens with zero attached hydrogens (tertiary/aromatic N) is 1. The largest absolute Gasteiger partial charge is 0.322 e. The van der Waals surface area contributed by atoms with Crippen molar-refractivity contribution in [3.63, 3.8) is 0 Å². The van der Waals surface area contributed by atoms with Gasteiger partial charge in [-0.05, 0) is 42.5 Å². The number of benzene rings is 2. The highest BCUT2D eigenvalue weighted by Gasteiger charge is 2.14. The van der Waals surface area contributed by atoms with E-state index in [0.29, 0.717) is 11.3 Å². The van der Waals surface area contributed by atoms with Crippen LogP contribution in [0.15, 0.2) is 76.6 Å². The molecule has 144 valence electrons. The van der Waals surface area contributed by atoms with Crippen LogP contribution in [0.3, 0.4) is 0 Å². The van der Waals surface area contributed by atoms with Gasteiger partial charge >= 0.3 is 0 Å². The van der Waals surface area contributed by atoms with Crippen molar-refractivity contribution in [2.24, 2.45) is 5.14 Å². The number of nitrogens with two attached hydrogens (primary N) is 1. The monoisotopic (exact) mass is 401 g/mol. The normalized spacial score (nSPS) is 11.2. The molecule has 0 spiro atoms. The molecule has 0 aliphatic heterocycles. The first-order chi connectivity index (χ1) is 13.3. The molecule has 1 amide bonds. The summed E-state index contributed by atoms with van der Waals surface area (Å²) < 4.78 is 37.6. The van der Waals surface area contributed by atoms with Gasteiger partial charge in [-0.25, -0.2) is 17.9 Å². The maximum absolute atomic E-state index is 13.8. The Hall–Kier alpha value is -3.30. The summed E-state index contributed by atoms with van der Waals surface area (Å²) in [4.78, 5) is 24.9. The Labute approximate surface area is 160 Å². The molecular weight excluding hydrogens is 385 g/mol. The van der Waals surface area contributed by atoms with E-state index in [0.717, 1.165) is 0 Å². The van der Waals surface area contributed by atoms with Gasteiger partial charge in [0.2, 0.25) is 10.0 Å². The maximum atomic E-state index is 13.8. The molecule has 0 saturated carbocycles. The summed E-state index contributed by atoms with van der Waals surface area (Å²) in [6, 6.07) is 14.1. The van der Waals surface area contributed by atoms with Gasteiger partial charge in [-0.2, -0.15) is 0 Å². The molecule has 0 aliphatic rings. The SMILES string of the molecule is NS(=O)(=O)c1ccc(NC(=O)c2cccn(Cc3ccccc3F)c2=O)cc1. The molecule has 0 radical (unpaired) electrons. The number of hydrogen-bond acceptors (Lipinski definition) is 4. The average molecular weight is 401 g/mol. The van der Waals surface area contributed by atoms with E-state index < -0.39 is 27.3 Å². The number of carbonyl (C=O) groups excluding carboxylic acids is 1. The molecule has 3 aromatic rings. The zero-order valence-electron chi connectivity index (χ0n) is 14.5. The molecule has 7 nitrogen and oxygen atoms in total. The first-order valence-electron chi connectivity index (χ1n) is 8.13. The van der Waals surface area contributed by atoms with Gasteiger partial charge in [-0.3, -0.25) is 9.59 Å². The number of anilines is 1. The molecular formula is C19H16FN3O4S. The fraction of sp³-hybridized carbons (Fsp3) is 0.0526. The summed E-state index contributed by atoms with van der Waals surface area (Å²) in [5.74, 6) is -1.12. The predicted molar refractivity (Wildman–Crippen MR) is 102 cm³/mol. The predicted octanol–water partition coefficient (Wildman–Crippen LogP) is 1.94. The average Bonchev–Trinajstić information content (AvgIpc) is 2.65. The molecule has 3 rings (SSSR count). The van der Waals surface area contributed by atoms with Crippen molar-refractivity contribution in [2.45, 2.75) is 11.4 Å². The van der Waals surface area contributed by atoms with Crippen LogP contribution in [0.25, 0.3) is 0 Å². The number of pyridine rings is 1. The highest BCUT2D eigenvalue weighted by atomic mass is 32.2. The summed E-state index contributed by atoms with van der Waals surface area (Å²) in [7, 11) is -3.84. The topological polar surface area (TPSA) is 111 Å². The van der Waals surface area contributed by atoms with Gasteiger partial charge in [-0.1, -0.05) is 18.2 Å². The molecule has 0 aliphatic carbocycles. The van der Waals surface area contributed by atoms with E-state index in [1.54, 1.807) is 18.2 Å². The summed E-state index contributed by atoms with van der Waals surface area (Å²) in [6.07, 6.45) is 1.46. The van der Waals surface area contributed by atoms with Gasteiger partial charge < -0.3 is 9.88 Å². The van der Waals surface area contributed by atoms with Crippen LogP contribution in [0.4, 0.5) is 10.1 Å². The molecule has 1 heterocycles. The zero-order valence-corrected chi connectivity index (χ0v) is 15.3. The number of rotatable bonds is 5. The molecule has 28 heavy (non-hydrogen) atoms. The van der Waals surface area contributed by atoms with E-state index in [-0.39, 0.29) is 17.0 Å². The smallest absolute Gasteiger partial charge is 0.263 e. The molecule has 0 unspecified atom stereocenters. The summed E-state index contributed by atoms with van der Waals surface area (Å²) in [5, 5.41) is 7.54. The number of amides is 1. The van der Waals surface area contributed by atoms with Crippen LogP contribution in [0.5, 0.6) is 0 Å². The standard InChI is InChI=1S/C19H16FN3O4S/c20-17-6-2-1-4-13(17)12-23-11-3-5-16(19(23)25)18(24)22-14-7-9-15(10-8-14)28(21,26)27/h1-11H,12H2,(H,22,24)(H2,21,26,27). The van der Waals surface area contributed by atoms with Gasteiger partial charge in [0.05, 0.1) is 11.4 Å². The minimum atomic E-state index is -3.84. The second-order valence-electron chi connectivity index (χ2n) is 5.97. The van der Waals surface area contributed by atoms with E-state index in [4.69, 9.17) is 5.14 Å². The van der Waals surface area contributed by atoms with E-state index in [1.807, 2.05) is 0 Å². The van der Waals surface area contributed by atoms with Crippen LogP contribution in [0.1, 0.15) is 15.9 Å². The Morgan fingerprint density at radius 1 is 1.04 bits per heavy atom. The first kappa shape index (κ1) is 19.5. The number of aromatic nitrogens is 1. The lowest BCUT2D eigenvalue weighted by Crippen LogP contribution is -2.29. The lowest BCUT2D eigenvalue weighted by Gasteiger charge is -2.10. The van der Waals surface area contributed by atoms with E-state index in [1.165, 1.54) is 53.2 Å².